The fourth-order valence-corrected chi connectivity index (χ4v) is 4.49. The van der Waals surface area contributed by atoms with Crippen LogP contribution in [0.3, 0.4) is 0 Å². The van der Waals surface area contributed by atoms with Crippen LogP contribution in [0.4, 0.5) is 0 Å². The summed E-state index contributed by atoms with van der Waals surface area (Å²) in [6.45, 7) is 6.70. The molecule has 4 rings (SSSR count). The minimum atomic E-state index is -1.18. The number of fused-ring (bicyclic) bond motifs is 4. The average Bonchev–Trinajstić information content (AvgIpc) is 3.30. The first-order chi connectivity index (χ1) is 10.3. The van der Waals surface area contributed by atoms with Crippen molar-refractivity contribution in [3.8, 4) is 5.75 Å². The molecule has 0 amide bonds. The first-order valence-corrected chi connectivity index (χ1v) is 9.65. The van der Waals surface area contributed by atoms with Gasteiger partial charge in [-0.15, -0.1) is 0 Å². The Balaban J connectivity index is 1.76. The van der Waals surface area contributed by atoms with E-state index < -0.39 is 11.0 Å². The fourth-order valence-electron chi connectivity index (χ4n) is 3.42. The summed E-state index contributed by atoms with van der Waals surface area (Å²) in [5.74, 6) is 1.69. The quantitative estimate of drug-likeness (QED) is 0.729. The van der Waals surface area contributed by atoms with E-state index in [9.17, 15) is 4.21 Å². The highest BCUT2D eigenvalue weighted by molar-refractivity contribution is 9.10. The van der Waals surface area contributed by atoms with Crippen LogP contribution >= 0.6 is 15.9 Å². The zero-order chi connectivity index (χ0) is 15.7. The number of rotatable bonds is 1. The van der Waals surface area contributed by atoms with Crippen molar-refractivity contribution < 1.29 is 8.95 Å². The molecule has 22 heavy (non-hydrogen) atoms. The maximum atomic E-state index is 12.4. The molecule has 3 aliphatic rings. The molecule has 0 aromatic heterocycles. The molecule has 0 bridgehead atoms. The van der Waals surface area contributed by atoms with Crippen LogP contribution in [0.1, 0.15) is 45.1 Å². The Bertz CT molecular complexity index is 703. The SMILES string of the molecule is CC(C)(C)S(=O)N=C1C2c3cc(Br)ccc3OCC3(CC3)C12. The third kappa shape index (κ3) is 2.28. The molecule has 1 aromatic carbocycles. The van der Waals surface area contributed by atoms with Gasteiger partial charge in [-0.25, -0.2) is 4.21 Å². The molecule has 118 valence electrons. The second-order valence-corrected chi connectivity index (χ2v) is 10.5. The van der Waals surface area contributed by atoms with Gasteiger partial charge in [-0.1, -0.05) is 15.9 Å². The molecule has 3 nitrogen and oxygen atoms in total. The van der Waals surface area contributed by atoms with Gasteiger partial charge in [0.1, 0.15) is 16.7 Å². The molecule has 0 saturated heterocycles. The van der Waals surface area contributed by atoms with Crippen LogP contribution in [0.5, 0.6) is 5.75 Å². The molecule has 2 aliphatic carbocycles. The minimum absolute atomic E-state index is 0.247. The molecular formula is C17H20BrNO2S. The van der Waals surface area contributed by atoms with Crippen LogP contribution in [-0.2, 0) is 11.0 Å². The Labute approximate surface area is 142 Å². The number of benzene rings is 1. The van der Waals surface area contributed by atoms with Crippen LogP contribution < -0.4 is 4.74 Å². The molecule has 1 aromatic rings. The largest absolute Gasteiger partial charge is 0.493 e. The van der Waals surface area contributed by atoms with E-state index >= 15 is 0 Å². The Kier molecular flexibility index (Phi) is 3.16. The average molecular weight is 382 g/mol. The van der Waals surface area contributed by atoms with Gasteiger partial charge in [0.15, 0.2) is 0 Å². The first-order valence-electron chi connectivity index (χ1n) is 7.75. The molecule has 1 heterocycles. The van der Waals surface area contributed by atoms with Gasteiger partial charge in [0.2, 0.25) is 0 Å². The second-order valence-electron chi connectivity index (χ2n) is 7.67. The standard InChI is InChI=1S/C17H20BrNO2S/c1-16(2,3)22(20)19-15-13-11-8-10(18)4-5-12(11)21-9-17(6-7-17)14(13)15/h4-5,8,13-14H,6-7,9H2,1-3H3. The maximum absolute atomic E-state index is 12.4. The number of nitrogens with zero attached hydrogens (tertiary/aromatic N) is 1. The van der Waals surface area contributed by atoms with E-state index in [1.807, 2.05) is 32.9 Å². The molecule has 1 aliphatic heterocycles. The molecule has 0 N–H and O–H groups in total. The normalized spacial score (nSPS) is 31.0. The second kappa shape index (κ2) is 4.67. The summed E-state index contributed by atoms with van der Waals surface area (Å²) in [6, 6.07) is 6.19. The van der Waals surface area contributed by atoms with Gasteiger partial charge in [0.25, 0.3) is 0 Å². The molecule has 2 saturated carbocycles. The lowest BCUT2D eigenvalue weighted by atomic mass is 9.98. The van der Waals surface area contributed by atoms with E-state index in [4.69, 9.17) is 4.74 Å². The van der Waals surface area contributed by atoms with Gasteiger partial charge in [-0.2, -0.15) is 4.40 Å². The van der Waals surface area contributed by atoms with Gasteiger partial charge in [-0.05, 0) is 51.8 Å². The van der Waals surface area contributed by atoms with Gasteiger partial charge in [0.05, 0.1) is 11.4 Å². The Morgan fingerprint density at radius 2 is 2.09 bits per heavy atom. The van der Waals surface area contributed by atoms with E-state index in [0.29, 0.717) is 11.8 Å². The molecule has 3 unspecified atom stereocenters. The highest BCUT2D eigenvalue weighted by Crippen LogP contribution is 2.68. The summed E-state index contributed by atoms with van der Waals surface area (Å²) in [5, 5.41) is 0. The van der Waals surface area contributed by atoms with E-state index in [0.717, 1.165) is 22.5 Å². The zero-order valence-corrected chi connectivity index (χ0v) is 15.5. The topological polar surface area (TPSA) is 38.7 Å². The fraction of sp³-hybridized carbons (Fsp3) is 0.588. The van der Waals surface area contributed by atoms with Crippen molar-refractivity contribution in [1.29, 1.82) is 0 Å². The van der Waals surface area contributed by atoms with Crippen LogP contribution in [-0.4, -0.2) is 21.3 Å². The summed E-state index contributed by atoms with van der Waals surface area (Å²) >= 11 is 3.55. The molecular weight excluding hydrogens is 362 g/mol. The van der Waals surface area contributed by atoms with Crippen molar-refractivity contribution in [2.24, 2.45) is 15.7 Å². The predicted molar refractivity (Wildman–Crippen MR) is 92.9 cm³/mol. The van der Waals surface area contributed by atoms with Gasteiger partial charge in [0, 0.05) is 33.0 Å². The van der Waals surface area contributed by atoms with Crippen molar-refractivity contribution in [3.05, 3.63) is 28.2 Å². The number of ether oxygens (including phenoxy) is 1. The van der Waals surface area contributed by atoms with Crippen molar-refractivity contribution in [1.82, 2.24) is 0 Å². The number of halogens is 1. The number of hydrogen-bond donors (Lipinski definition) is 0. The smallest absolute Gasteiger partial charge is 0.144 e. The van der Waals surface area contributed by atoms with Crippen LogP contribution in [0, 0.1) is 11.3 Å². The predicted octanol–water partition coefficient (Wildman–Crippen LogP) is 4.24. The van der Waals surface area contributed by atoms with Crippen molar-refractivity contribution in [2.45, 2.75) is 44.3 Å². The Morgan fingerprint density at radius 1 is 1.36 bits per heavy atom. The lowest BCUT2D eigenvalue weighted by molar-refractivity contribution is 0.229. The lowest BCUT2D eigenvalue weighted by Gasteiger charge is -2.15. The minimum Gasteiger partial charge on any atom is -0.493 e. The third-order valence-electron chi connectivity index (χ3n) is 4.95. The lowest BCUT2D eigenvalue weighted by Crippen LogP contribution is -2.20. The van der Waals surface area contributed by atoms with E-state index in [1.165, 1.54) is 18.4 Å². The third-order valence-corrected chi connectivity index (χ3v) is 6.87. The monoisotopic (exact) mass is 381 g/mol. The van der Waals surface area contributed by atoms with Gasteiger partial charge >= 0.3 is 0 Å². The van der Waals surface area contributed by atoms with Gasteiger partial charge in [-0.3, -0.25) is 0 Å². The van der Waals surface area contributed by atoms with E-state index in [2.05, 4.69) is 26.4 Å². The molecule has 2 fully saturated rings. The summed E-state index contributed by atoms with van der Waals surface area (Å²) in [5.41, 5.74) is 2.58. The van der Waals surface area contributed by atoms with Gasteiger partial charge < -0.3 is 4.74 Å². The Morgan fingerprint density at radius 3 is 2.73 bits per heavy atom. The molecule has 3 atom stereocenters. The molecule has 0 radical (unpaired) electrons. The van der Waals surface area contributed by atoms with E-state index in [1.54, 1.807) is 0 Å². The highest BCUT2D eigenvalue weighted by atomic mass is 79.9. The summed E-state index contributed by atoms with van der Waals surface area (Å²) < 4.78 is 23.9. The Hall–Kier alpha value is -0.680. The summed E-state index contributed by atoms with van der Waals surface area (Å²) in [4.78, 5) is 0. The zero-order valence-electron chi connectivity index (χ0n) is 13.1. The van der Waals surface area contributed by atoms with Crippen molar-refractivity contribution >= 4 is 32.6 Å². The van der Waals surface area contributed by atoms with Crippen molar-refractivity contribution in [3.63, 3.8) is 0 Å². The molecule has 5 heteroatoms. The summed E-state index contributed by atoms with van der Waals surface area (Å²) in [6.07, 6.45) is 2.40. The van der Waals surface area contributed by atoms with Crippen LogP contribution in [0.2, 0.25) is 0 Å². The van der Waals surface area contributed by atoms with Crippen LogP contribution in [0.25, 0.3) is 0 Å². The maximum Gasteiger partial charge on any atom is 0.144 e. The van der Waals surface area contributed by atoms with Crippen LogP contribution in [0.15, 0.2) is 27.1 Å². The molecule has 1 spiro atoms. The highest BCUT2D eigenvalue weighted by Gasteiger charge is 2.67. The summed E-state index contributed by atoms with van der Waals surface area (Å²) in [7, 11) is -1.18. The number of hydrogen-bond acceptors (Lipinski definition) is 2. The first kappa shape index (κ1) is 14.9. The van der Waals surface area contributed by atoms with Crippen molar-refractivity contribution in [2.75, 3.05) is 6.61 Å². The van der Waals surface area contributed by atoms with E-state index in [-0.39, 0.29) is 10.2 Å².